The zero-order valence-corrected chi connectivity index (χ0v) is 15.7. The number of hydrogen-bond acceptors (Lipinski definition) is 5. The van der Waals surface area contributed by atoms with E-state index in [0.717, 1.165) is 17.0 Å². The third kappa shape index (κ3) is 4.11. The van der Waals surface area contributed by atoms with Gasteiger partial charge in [-0.3, -0.25) is 14.9 Å². The van der Waals surface area contributed by atoms with Crippen LogP contribution in [0.25, 0.3) is 0 Å². The monoisotopic (exact) mass is 360 g/mol. The Labute approximate surface area is 152 Å². The predicted octanol–water partition coefficient (Wildman–Crippen LogP) is 3.79. The maximum absolute atomic E-state index is 12.6. The van der Waals surface area contributed by atoms with E-state index in [9.17, 15) is 14.9 Å². The summed E-state index contributed by atoms with van der Waals surface area (Å²) < 4.78 is 12.7. The fourth-order valence-corrected chi connectivity index (χ4v) is 3.17. The van der Waals surface area contributed by atoms with Crippen LogP contribution in [-0.4, -0.2) is 35.6 Å². The number of ether oxygens (including phenoxy) is 2. The summed E-state index contributed by atoms with van der Waals surface area (Å²) in [6, 6.07) is 6.57. The van der Waals surface area contributed by atoms with Crippen molar-refractivity contribution >= 4 is 11.5 Å². The van der Waals surface area contributed by atoms with E-state index in [-0.39, 0.29) is 29.9 Å². The van der Waals surface area contributed by atoms with Crippen LogP contribution in [0.4, 0.5) is 5.69 Å². The average molecular weight is 360 g/mol. The molecular weight excluding hydrogens is 336 g/mol. The van der Waals surface area contributed by atoms with E-state index in [2.05, 4.69) is 0 Å². The number of carbonyl (C=O) groups excluding carboxylic acids is 1. The zero-order valence-electron chi connectivity index (χ0n) is 15.7. The molecule has 2 rings (SSSR count). The molecule has 0 aliphatic heterocycles. The van der Waals surface area contributed by atoms with Crippen molar-refractivity contribution in [2.24, 2.45) is 0 Å². The number of rotatable bonds is 8. The van der Waals surface area contributed by atoms with E-state index in [4.69, 9.17) is 9.47 Å². The van der Waals surface area contributed by atoms with Gasteiger partial charge in [-0.05, 0) is 45.4 Å². The van der Waals surface area contributed by atoms with Crippen molar-refractivity contribution in [1.29, 1.82) is 0 Å². The number of benzene rings is 1. The molecule has 0 saturated carbocycles. The molecule has 1 aromatic carbocycles. The largest absolute Gasteiger partial charge is 0.478 e. The number of carbonyl (C=O) groups is 1. The molecule has 0 amide bonds. The molecule has 2 aromatic rings. The molecule has 7 heteroatoms. The highest BCUT2D eigenvalue weighted by atomic mass is 16.6. The van der Waals surface area contributed by atoms with Gasteiger partial charge in [0.2, 0.25) is 5.78 Å². The average Bonchev–Trinajstić information content (AvgIpc) is 2.88. The fraction of sp³-hybridized carbons (Fsp3) is 0.421. The standard InChI is InChI=1S/C19H24N2O5/c1-12-6-7-19(17(8-12)21(23)24)26-11-18(22)16-9-13(2)20(15(16)4)14(3)10-25-5/h6-9,14H,10-11H2,1-5H3. The lowest BCUT2D eigenvalue weighted by Crippen LogP contribution is -2.16. The number of hydrogen-bond donors (Lipinski definition) is 0. The molecule has 0 bridgehead atoms. The SMILES string of the molecule is COCC(C)n1c(C)cc(C(=O)COc2ccc(C)cc2[N+](=O)[O-])c1C. The lowest BCUT2D eigenvalue weighted by Gasteiger charge is -2.17. The van der Waals surface area contributed by atoms with Crippen LogP contribution in [0.15, 0.2) is 24.3 Å². The Morgan fingerprint density at radius 1 is 1.27 bits per heavy atom. The molecule has 26 heavy (non-hydrogen) atoms. The Bertz CT molecular complexity index is 826. The second kappa shape index (κ2) is 8.14. The van der Waals surface area contributed by atoms with Gasteiger partial charge in [-0.2, -0.15) is 0 Å². The van der Waals surface area contributed by atoms with Crippen LogP contribution in [0, 0.1) is 30.9 Å². The first-order chi connectivity index (χ1) is 12.3. The summed E-state index contributed by atoms with van der Waals surface area (Å²) >= 11 is 0. The van der Waals surface area contributed by atoms with Crippen molar-refractivity contribution in [3.63, 3.8) is 0 Å². The number of nitrogens with zero attached hydrogens (tertiary/aromatic N) is 2. The maximum atomic E-state index is 12.6. The molecule has 0 fully saturated rings. The summed E-state index contributed by atoms with van der Waals surface area (Å²) in [6.07, 6.45) is 0. The second-order valence-corrected chi connectivity index (χ2v) is 6.40. The smallest absolute Gasteiger partial charge is 0.311 e. The Hall–Kier alpha value is -2.67. The number of ketones is 1. The third-order valence-corrected chi connectivity index (χ3v) is 4.30. The Morgan fingerprint density at radius 3 is 2.58 bits per heavy atom. The highest BCUT2D eigenvalue weighted by Gasteiger charge is 2.21. The van der Waals surface area contributed by atoms with E-state index >= 15 is 0 Å². The van der Waals surface area contributed by atoms with Crippen LogP contribution in [0.5, 0.6) is 5.75 Å². The number of methoxy groups -OCH3 is 1. The molecule has 0 radical (unpaired) electrons. The van der Waals surface area contributed by atoms with Crippen LogP contribution in [0.1, 0.15) is 40.3 Å². The molecule has 1 heterocycles. The highest BCUT2D eigenvalue weighted by Crippen LogP contribution is 2.28. The number of nitro benzene ring substituents is 1. The Kier molecular flexibility index (Phi) is 6.15. The van der Waals surface area contributed by atoms with E-state index < -0.39 is 4.92 Å². The van der Waals surface area contributed by atoms with Crippen LogP contribution >= 0.6 is 0 Å². The van der Waals surface area contributed by atoms with E-state index in [1.165, 1.54) is 12.1 Å². The molecule has 0 aliphatic carbocycles. The topological polar surface area (TPSA) is 83.6 Å². The summed E-state index contributed by atoms with van der Waals surface area (Å²) in [5.41, 5.74) is 2.96. The summed E-state index contributed by atoms with van der Waals surface area (Å²) in [5.74, 6) is -0.126. The van der Waals surface area contributed by atoms with Gasteiger partial charge >= 0.3 is 5.69 Å². The number of Topliss-reactive ketones (excluding diaryl/α,β-unsaturated/α-hetero) is 1. The van der Waals surface area contributed by atoms with Crippen LogP contribution < -0.4 is 4.74 Å². The summed E-state index contributed by atoms with van der Waals surface area (Å²) in [7, 11) is 1.64. The number of nitro groups is 1. The first kappa shape index (κ1) is 19.7. The van der Waals surface area contributed by atoms with Gasteiger partial charge in [-0.1, -0.05) is 6.07 Å². The molecule has 140 valence electrons. The van der Waals surface area contributed by atoms with Gasteiger partial charge in [0.15, 0.2) is 12.4 Å². The third-order valence-electron chi connectivity index (χ3n) is 4.30. The molecule has 1 unspecified atom stereocenters. The normalized spacial score (nSPS) is 12.0. The van der Waals surface area contributed by atoms with Gasteiger partial charge < -0.3 is 14.0 Å². The minimum Gasteiger partial charge on any atom is -0.478 e. The van der Waals surface area contributed by atoms with Crippen LogP contribution in [0.2, 0.25) is 0 Å². The molecule has 7 nitrogen and oxygen atoms in total. The van der Waals surface area contributed by atoms with E-state index in [1.54, 1.807) is 20.1 Å². The molecule has 0 N–H and O–H groups in total. The molecular formula is C19H24N2O5. The van der Waals surface area contributed by atoms with E-state index in [0.29, 0.717) is 12.2 Å². The second-order valence-electron chi connectivity index (χ2n) is 6.40. The molecule has 0 saturated heterocycles. The molecule has 1 aromatic heterocycles. The van der Waals surface area contributed by atoms with E-state index in [1.807, 2.05) is 31.4 Å². The first-order valence-corrected chi connectivity index (χ1v) is 8.34. The lowest BCUT2D eigenvalue weighted by molar-refractivity contribution is -0.385. The Morgan fingerprint density at radius 2 is 1.96 bits per heavy atom. The predicted molar refractivity (Wildman–Crippen MR) is 98.2 cm³/mol. The zero-order chi connectivity index (χ0) is 19.4. The van der Waals surface area contributed by atoms with Gasteiger partial charge in [-0.25, -0.2) is 0 Å². The molecule has 0 aliphatic rings. The minimum absolute atomic E-state index is 0.0931. The van der Waals surface area contributed by atoms with Crippen molar-refractivity contribution in [2.45, 2.75) is 33.7 Å². The van der Waals surface area contributed by atoms with Gasteiger partial charge in [0.1, 0.15) is 0 Å². The maximum Gasteiger partial charge on any atom is 0.311 e. The van der Waals surface area contributed by atoms with Crippen molar-refractivity contribution in [1.82, 2.24) is 4.57 Å². The van der Waals surface area contributed by atoms with Gasteiger partial charge in [0.05, 0.1) is 17.6 Å². The van der Waals surface area contributed by atoms with Crippen molar-refractivity contribution in [2.75, 3.05) is 20.3 Å². The molecule has 0 spiro atoms. The highest BCUT2D eigenvalue weighted by molar-refractivity contribution is 5.98. The van der Waals surface area contributed by atoms with Gasteiger partial charge in [0, 0.05) is 30.1 Å². The number of aryl methyl sites for hydroxylation is 2. The van der Waals surface area contributed by atoms with Gasteiger partial charge in [0.25, 0.3) is 0 Å². The summed E-state index contributed by atoms with van der Waals surface area (Å²) in [4.78, 5) is 23.2. The van der Waals surface area contributed by atoms with Crippen LogP contribution in [-0.2, 0) is 4.74 Å². The summed E-state index contributed by atoms with van der Waals surface area (Å²) in [6.45, 7) is 7.87. The fourth-order valence-electron chi connectivity index (χ4n) is 3.17. The first-order valence-electron chi connectivity index (χ1n) is 8.34. The van der Waals surface area contributed by atoms with Gasteiger partial charge in [-0.15, -0.1) is 0 Å². The number of aromatic nitrogens is 1. The quantitative estimate of drug-likeness (QED) is 0.406. The Balaban J connectivity index is 2.19. The molecule has 1 atom stereocenters. The van der Waals surface area contributed by atoms with Crippen molar-refractivity contribution in [3.8, 4) is 5.75 Å². The lowest BCUT2D eigenvalue weighted by atomic mass is 10.1. The van der Waals surface area contributed by atoms with Crippen molar-refractivity contribution < 1.29 is 19.2 Å². The minimum atomic E-state index is -0.509. The van der Waals surface area contributed by atoms with Crippen molar-refractivity contribution in [3.05, 3.63) is 56.9 Å². The summed E-state index contributed by atoms with van der Waals surface area (Å²) in [5, 5.41) is 11.2. The van der Waals surface area contributed by atoms with Crippen LogP contribution in [0.3, 0.4) is 0 Å².